The molecule has 0 bridgehead atoms. The number of nitrogens with zero attached hydrogens (tertiary/aromatic N) is 2. The smallest absolute Gasteiger partial charge is 0.240 e. The van der Waals surface area contributed by atoms with E-state index in [1.165, 1.54) is 29.2 Å². The molecule has 166 valence electrons. The van der Waals surface area contributed by atoms with Gasteiger partial charge in [-0.3, -0.25) is 14.4 Å². The molecule has 31 heavy (non-hydrogen) atoms. The molecule has 8 heteroatoms. The van der Waals surface area contributed by atoms with Crippen LogP contribution in [0.25, 0.3) is 0 Å². The van der Waals surface area contributed by atoms with Gasteiger partial charge in [0.25, 0.3) is 0 Å². The van der Waals surface area contributed by atoms with Gasteiger partial charge in [-0.1, -0.05) is 6.92 Å². The highest BCUT2D eigenvalue weighted by molar-refractivity contribution is 6.01. The van der Waals surface area contributed by atoms with Crippen LogP contribution in [0, 0.1) is 12.7 Å². The predicted molar refractivity (Wildman–Crippen MR) is 118 cm³/mol. The van der Waals surface area contributed by atoms with Crippen molar-refractivity contribution < 1.29 is 18.8 Å². The van der Waals surface area contributed by atoms with Crippen LogP contribution in [0.3, 0.4) is 0 Å². The number of aromatic nitrogens is 1. The van der Waals surface area contributed by atoms with E-state index in [0.717, 1.165) is 12.0 Å². The highest BCUT2D eigenvalue weighted by atomic mass is 19.1. The monoisotopic (exact) mass is 428 g/mol. The number of nitrogens with one attached hydrogen (secondary N) is 2. The quantitative estimate of drug-likeness (QED) is 0.639. The Morgan fingerprint density at radius 2 is 1.74 bits per heavy atom. The van der Waals surface area contributed by atoms with Gasteiger partial charge in [0.15, 0.2) is 0 Å². The van der Waals surface area contributed by atoms with Crippen LogP contribution < -0.4 is 15.5 Å². The van der Waals surface area contributed by atoms with Gasteiger partial charge in [-0.25, -0.2) is 9.37 Å². The zero-order valence-corrected chi connectivity index (χ0v) is 18.4. The first-order chi connectivity index (χ1) is 14.6. The van der Waals surface area contributed by atoms with E-state index in [4.69, 9.17) is 0 Å². The number of anilines is 2. The van der Waals surface area contributed by atoms with Gasteiger partial charge in [0, 0.05) is 30.3 Å². The third-order valence-corrected chi connectivity index (χ3v) is 4.85. The van der Waals surface area contributed by atoms with Gasteiger partial charge in [-0.2, -0.15) is 0 Å². The molecule has 0 radical (unpaired) electrons. The van der Waals surface area contributed by atoms with Gasteiger partial charge in [-0.15, -0.1) is 0 Å². The number of rotatable bonds is 9. The number of hydrogen-bond donors (Lipinski definition) is 2. The molecule has 1 aromatic carbocycles. The average Bonchev–Trinajstić information content (AvgIpc) is 2.71. The maximum atomic E-state index is 13.3. The number of carbonyl (C=O) groups excluding carboxylic acids is 3. The van der Waals surface area contributed by atoms with E-state index < -0.39 is 17.3 Å². The topological polar surface area (TPSA) is 91.4 Å². The lowest BCUT2D eigenvalue weighted by molar-refractivity contribution is -0.125. The Morgan fingerprint density at radius 3 is 2.35 bits per heavy atom. The maximum absolute atomic E-state index is 13.3. The zero-order chi connectivity index (χ0) is 23.0. The first-order valence-electron chi connectivity index (χ1n) is 10.2. The molecule has 0 fully saturated rings. The number of aryl methyl sites for hydroxylation is 1. The van der Waals surface area contributed by atoms with E-state index >= 15 is 0 Å². The van der Waals surface area contributed by atoms with Crippen molar-refractivity contribution in [1.82, 2.24) is 10.3 Å². The van der Waals surface area contributed by atoms with Crippen molar-refractivity contribution in [3.8, 4) is 0 Å². The molecule has 0 unspecified atom stereocenters. The van der Waals surface area contributed by atoms with Crippen LogP contribution in [0.15, 0.2) is 42.6 Å². The summed E-state index contributed by atoms with van der Waals surface area (Å²) < 4.78 is 13.3. The summed E-state index contributed by atoms with van der Waals surface area (Å²) in [5, 5.41) is 5.53. The Kier molecular flexibility index (Phi) is 8.24. The highest BCUT2D eigenvalue weighted by Gasteiger charge is 2.24. The average molecular weight is 429 g/mol. The molecular weight excluding hydrogens is 399 g/mol. The molecule has 0 aliphatic carbocycles. The van der Waals surface area contributed by atoms with E-state index in [1.807, 2.05) is 33.8 Å². The third-order valence-electron chi connectivity index (χ3n) is 4.85. The highest BCUT2D eigenvalue weighted by Crippen LogP contribution is 2.17. The van der Waals surface area contributed by atoms with Crippen LogP contribution in [0.4, 0.5) is 15.9 Å². The van der Waals surface area contributed by atoms with Gasteiger partial charge in [0.1, 0.15) is 18.2 Å². The number of halogens is 1. The minimum absolute atomic E-state index is 0.0752. The van der Waals surface area contributed by atoms with Crippen LogP contribution >= 0.6 is 0 Å². The summed E-state index contributed by atoms with van der Waals surface area (Å²) in [6, 6.07) is 8.85. The first-order valence-corrected chi connectivity index (χ1v) is 10.2. The van der Waals surface area contributed by atoms with Crippen LogP contribution in [0.2, 0.25) is 0 Å². The Labute approximate surface area is 182 Å². The molecule has 2 rings (SSSR count). The first kappa shape index (κ1) is 24.0. The predicted octanol–water partition coefficient (Wildman–Crippen LogP) is 3.59. The second kappa shape index (κ2) is 10.7. The summed E-state index contributed by atoms with van der Waals surface area (Å²) in [5.74, 6) is -1.14. The lowest BCUT2D eigenvalue weighted by Gasteiger charge is -2.28. The number of pyridine rings is 1. The van der Waals surface area contributed by atoms with Crippen molar-refractivity contribution in [2.24, 2.45) is 0 Å². The normalized spacial score (nSPS) is 11.0. The van der Waals surface area contributed by atoms with Crippen LogP contribution in [-0.4, -0.2) is 34.8 Å². The molecule has 7 nitrogen and oxygen atoms in total. The molecule has 1 heterocycles. The molecule has 0 spiro atoms. The Hall–Kier alpha value is -3.29. The van der Waals surface area contributed by atoms with Crippen molar-refractivity contribution in [3.05, 3.63) is 54.0 Å². The van der Waals surface area contributed by atoms with Crippen LogP contribution in [-0.2, 0) is 14.4 Å². The minimum atomic E-state index is -0.447. The van der Waals surface area contributed by atoms with E-state index in [2.05, 4.69) is 15.6 Å². The van der Waals surface area contributed by atoms with Gasteiger partial charge in [-0.05, 0) is 69.2 Å². The van der Waals surface area contributed by atoms with Crippen molar-refractivity contribution in [2.75, 3.05) is 16.8 Å². The Balaban J connectivity index is 2.06. The standard InChI is InChI=1S/C23H29FN4O3/c1-5-23(3,4)27-21(30)15-28(18-8-6-17(24)7-9-18)22(31)11-10-20(29)26-19-14-16(2)12-13-25-19/h6-9,12-14H,5,10-11,15H2,1-4H3,(H,27,30)(H,25,26,29). The molecule has 0 atom stereocenters. The number of benzene rings is 1. The van der Waals surface area contributed by atoms with Gasteiger partial charge in [0.05, 0.1) is 0 Å². The van der Waals surface area contributed by atoms with Crippen molar-refractivity contribution in [3.63, 3.8) is 0 Å². The molecule has 0 saturated carbocycles. The SMILES string of the molecule is CCC(C)(C)NC(=O)CN(C(=O)CCC(=O)Nc1cc(C)ccn1)c1ccc(F)cc1. The van der Waals surface area contributed by atoms with Crippen molar-refractivity contribution >= 4 is 29.2 Å². The summed E-state index contributed by atoms with van der Waals surface area (Å²) in [6.07, 6.45) is 2.12. The summed E-state index contributed by atoms with van der Waals surface area (Å²) >= 11 is 0. The third kappa shape index (κ3) is 7.81. The Bertz CT molecular complexity index is 929. The van der Waals surface area contributed by atoms with E-state index in [-0.39, 0.29) is 31.2 Å². The molecule has 0 aliphatic heterocycles. The lowest BCUT2D eigenvalue weighted by atomic mass is 10.0. The van der Waals surface area contributed by atoms with Crippen LogP contribution in [0.5, 0.6) is 0 Å². The molecule has 2 N–H and O–H groups in total. The molecule has 3 amide bonds. The fraction of sp³-hybridized carbons (Fsp3) is 0.391. The summed E-state index contributed by atoms with van der Waals surface area (Å²) in [7, 11) is 0. The molecule has 1 aromatic heterocycles. The molecule has 0 saturated heterocycles. The number of amides is 3. The van der Waals surface area contributed by atoms with Crippen LogP contribution in [0.1, 0.15) is 45.6 Å². The van der Waals surface area contributed by atoms with E-state index in [9.17, 15) is 18.8 Å². The van der Waals surface area contributed by atoms with Gasteiger partial charge >= 0.3 is 0 Å². The van der Waals surface area contributed by atoms with Gasteiger partial charge < -0.3 is 15.5 Å². The minimum Gasteiger partial charge on any atom is -0.350 e. The second-order valence-corrected chi connectivity index (χ2v) is 8.01. The number of hydrogen-bond acceptors (Lipinski definition) is 4. The number of carbonyl (C=O) groups is 3. The lowest BCUT2D eigenvalue weighted by Crippen LogP contribution is -2.48. The zero-order valence-electron chi connectivity index (χ0n) is 18.4. The summed E-state index contributed by atoms with van der Waals surface area (Å²) in [5.41, 5.74) is 0.913. The van der Waals surface area contributed by atoms with Crippen molar-refractivity contribution in [1.29, 1.82) is 0 Å². The fourth-order valence-corrected chi connectivity index (χ4v) is 2.76. The summed E-state index contributed by atoms with van der Waals surface area (Å²) in [4.78, 5) is 42.9. The van der Waals surface area contributed by atoms with E-state index in [0.29, 0.717) is 11.5 Å². The van der Waals surface area contributed by atoms with E-state index in [1.54, 1.807) is 12.3 Å². The second-order valence-electron chi connectivity index (χ2n) is 8.01. The van der Waals surface area contributed by atoms with Gasteiger partial charge in [0.2, 0.25) is 17.7 Å². The maximum Gasteiger partial charge on any atom is 0.240 e. The molecular formula is C23H29FN4O3. The molecule has 2 aromatic rings. The summed E-state index contributed by atoms with van der Waals surface area (Å²) in [6.45, 7) is 7.38. The Morgan fingerprint density at radius 1 is 1.06 bits per heavy atom. The fourth-order valence-electron chi connectivity index (χ4n) is 2.76. The largest absolute Gasteiger partial charge is 0.350 e. The molecule has 0 aliphatic rings. The van der Waals surface area contributed by atoms with Crippen molar-refractivity contribution in [2.45, 2.75) is 52.5 Å².